The minimum absolute atomic E-state index is 0.112. The Balaban J connectivity index is 2.48. The van der Waals surface area contributed by atoms with Gasteiger partial charge in [0.2, 0.25) is 0 Å². The molecule has 0 aromatic heterocycles. The van der Waals surface area contributed by atoms with Crippen molar-refractivity contribution in [2.75, 3.05) is 0 Å². The highest BCUT2D eigenvalue weighted by atomic mass is 19.4. The first-order valence-corrected chi connectivity index (χ1v) is 4.46. The molecule has 82 valence electrons. The Hall–Kier alpha value is -0.940. The summed E-state index contributed by atoms with van der Waals surface area (Å²) >= 11 is 0. The summed E-state index contributed by atoms with van der Waals surface area (Å²) in [6.45, 7) is 0. The van der Waals surface area contributed by atoms with Gasteiger partial charge in [0.25, 0.3) is 0 Å². The van der Waals surface area contributed by atoms with Crippen LogP contribution in [0.5, 0.6) is 0 Å². The largest absolute Gasteiger partial charge is 0.465 e. The zero-order valence-corrected chi connectivity index (χ0v) is 7.47. The molecule has 1 rings (SSSR count). The number of hydrogen-bond acceptors (Lipinski definition) is 1. The number of carboxylic acid groups (broad SMARTS) is 1. The fourth-order valence-corrected chi connectivity index (χ4v) is 1.79. The summed E-state index contributed by atoms with van der Waals surface area (Å²) in [5.74, 6) is -1.35. The quantitative estimate of drug-likeness (QED) is 0.699. The maximum atomic E-state index is 12.3. The first kappa shape index (κ1) is 11.1. The van der Waals surface area contributed by atoms with Gasteiger partial charge in [0, 0.05) is 6.04 Å². The molecule has 2 atom stereocenters. The lowest BCUT2D eigenvalue weighted by Gasteiger charge is -2.30. The third kappa shape index (κ3) is 3.08. The van der Waals surface area contributed by atoms with Crippen LogP contribution in [0.4, 0.5) is 18.0 Å². The van der Waals surface area contributed by atoms with Crippen molar-refractivity contribution in [2.45, 2.75) is 37.9 Å². The number of nitrogens with one attached hydrogen (secondary N) is 1. The topological polar surface area (TPSA) is 49.3 Å². The monoisotopic (exact) mass is 211 g/mol. The molecular formula is C8H12F3NO2. The van der Waals surface area contributed by atoms with Crippen LogP contribution in [0.1, 0.15) is 25.7 Å². The van der Waals surface area contributed by atoms with Gasteiger partial charge in [0.15, 0.2) is 0 Å². The maximum absolute atomic E-state index is 12.3. The van der Waals surface area contributed by atoms with Crippen LogP contribution in [-0.4, -0.2) is 23.4 Å². The number of halogens is 3. The van der Waals surface area contributed by atoms with E-state index in [9.17, 15) is 18.0 Å². The third-order valence-corrected chi connectivity index (χ3v) is 2.46. The van der Waals surface area contributed by atoms with E-state index in [4.69, 9.17) is 5.11 Å². The van der Waals surface area contributed by atoms with Gasteiger partial charge in [-0.3, -0.25) is 0 Å². The Morgan fingerprint density at radius 2 is 2.00 bits per heavy atom. The Labute approximate surface area is 79.3 Å². The molecule has 1 fully saturated rings. The number of amides is 1. The molecular weight excluding hydrogens is 199 g/mol. The van der Waals surface area contributed by atoms with Crippen LogP contribution < -0.4 is 5.32 Å². The molecule has 6 heteroatoms. The molecule has 0 spiro atoms. The Bertz CT molecular complexity index is 217. The molecule has 0 unspecified atom stereocenters. The van der Waals surface area contributed by atoms with Gasteiger partial charge in [0.1, 0.15) is 0 Å². The van der Waals surface area contributed by atoms with E-state index < -0.39 is 24.2 Å². The van der Waals surface area contributed by atoms with Crippen LogP contribution in [0, 0.1) is 5.92 Å². The summed E-state index contributed by atoms with van der Waals surface area (Å²) in [7, 11) is 0. The molecule has 0 heterocycles. The number of hydrogen-bond donors (Lipinski definition) is 2. The van der Waals surface area contributed by atoms with Crippen LogP contribution in [-0.2, 0) is 0 Å². The molecule has 0 aliphatic heterocycles. The molecule has 0 radical (unpaired) electrons. The lowest BCUT2D eigenvalue weighted by Crippen LogP contribution is -2.40. The second kappa shape index (κ2) is 4.06. The molecule has 1 saturated carbocycles. The average molecular weight is 211 g/mol. The van der Waals surface area contributed by atoms with Gasteiger partial charge >= 0.3 is 12.3 Å². The number of alkyl halides is 3. The highest BCUT2D eigenvalue weighted by Crippen LogP contribution is 2.37. The smallest absolute Gasteiger partial charge is 0.404 e. The third-order valence-electron chi connectivity index (χ3n) is 2.46. The first-order chi connectivity index (χ1) is 6.39. The molecule has 1 aliphatic carbocycles. The Morgan fingerprint density at radius 1 is 1.36 bits per heavy atom. The molecule has 0 aromatic carbocycles. The number of carbonyl (C=O) groups is 1. The normalized spacial score (nSPS) is 28.5. The SMILES string of the molecule is O=C(O)N[C@@H]1CCC[C@H](C(F)(F)F)C1. The van der Waals surface area contributed by atoms with E-state index in [2.05, 4.69) is 5.32 Å². The van der Waals surface area contributed by atoms with Gasteiger partial charge in [-0.15, -0.1) is 0 Å². The summed E-state index contributed by atoms with van der Waals surface area (Å²) in [5.41, 5.74) is 0. The molecule has 3 nitrogen and oxygen atoms in total. The molecule has 0 bridgehead atoms. The van der Waals surface area contributed by atoms with Gasteiger partial charge in [-0.2, -0.15) is 13.2 Å². The van der Waals surface area contributed by atoms with E-state index >= 15 is 0 Å². The van der Waals surface area contributed by atoms with E-state index in [0.29, 0.717) is 12.8 Å². The van der Waals surface area contributed by atoms with Gasteiger partial charge in [-0.1, -0.05) is 6.42 Å². The van der Waals surface area contributed by atoms with Crippen LogP contribution in [0.25, 0.3) is 0 Å². The molecule has 2 N–H and O–H groups in total. The standard InChI is InChI=1S/C8H12F3NO2/c9-8(10,11)5-2-1-3-6(4-5)12-7(13)14/h5-6,12H,1-4H2,(H,13,14)/t5-,6+/m0/s1. The van der Waals surface area contributed by atoms with Crippen molar-refractivity contribution in [2.24, 2.45) is 5.92 Å². The van der Waals surface area contributed by atoms with Gasteiger partial charge < -0.3 is 10.4 Å². The highest BCUT2D eigenvalue weighted by Gasteiger charge is 2.42. The van der Waals surface area contributed by atoms with Crippen molar-refractivity contribution < 1.29 is 23.1 Å². The number of rotatable bonds is 1. The van der Waals surface area contributed by atoms with E-state index in [1.165, 1.54) is 0 Å². The fourth-order valence-electron chi connectivity index (χ4n) is 1.79. The van der Waals surface area contributed by atoms with Gasteiger partial charge in [-0.05, 0) is 19.3 Å². The molecule has 0 aromatic rings. The van der Waals surface area contributed by atoms with Crippen LogP contribution in [0.2, 0.25) is 0 Å². The zero-order chi connectivity index (χ0) is 10.8. The predicted molar refractivity (Wildman–Crippen MR) is 43.0 cm³/mol. The van der Waals surface area contributed by atoms with Crippen molar-refractivity contribution in [3.8, 4) is 0 Å². The maximum Gasteiger partial charge on any atom is 0.404 e. The van der Waals surface area contributed by atoms with Crippen molar-refractivity contribution in [3.63, 3.8) is 0 Å². The summed E-state index contributed by atoms with van der Waals surface area (Å²) in [6, 6.07) is -0.548. The van der Waals surface area contributed by atoms with Crippen molar-refractivity contribution in [1.82, 2.24) is 5.32 Å². The molecule has 0 saturated heterocycles. The van der Waals surface area contributed by atoms with Crippen molar-refractivity contribution in [3.05, 3.63) is 0 Å². The summed E-state index contributed by atoms with van der Waals surface area (Å²) in [6.07, 6.45) is -4.54. The van der Waals surface area contributed by atoms with Crippen LogP contribution in [0.15, 0.2) is 0 Å². The average Bonchev–Trinajstić information content (AvgIpc) is 2.01. The molecule has 1 aliphatic rings. The second-order valence-electron chi connectivity index (χ2n) is 3.55. The molecule has 1 amide bonds. The van der Waals surface area contributed by atoms with E-state index in [1.807, 2.05) is 0 Å². The second-order valence-corrected chi connectivity index (χ2v) is 3.55. The van der Waals surface area contributed by atoms with E-state index in [1.54, 1.807) is 0 Å². The van der Waals surface area contributed by atoms with E-state index in [0.717, 1.165) is 0 Å². The minimum atomic E-state index is -4.20. The lowest BCUT2D eigenvalue weighted by atomic mass is 9.85. The van der Waals surface area contributed by atoms with Gasteiger partial charge in [0.05, 0.1) is 5.92 Å². The predicted octanol–water partition coefficient (Wildman–Crippen LogP) is 2.38. The molecule has 14 heavy (non-hydrogen) atoms. The van der Waals surface area contributed by atoms with E-state index in [-0.39, 0.29) is 12.8 Å². The summed E-state index contributed by atoms with van der Waals surface area (Å²) < 4.78 is 36.8. The lowest BCUT2D eigenvalue weighted by molar-refractivity contribution is -0.183. The summed E-state index contributed by atoms with van der Waals surface area (Å²) in [4.78, 5) is 10.2. The van der Waals surface area contributed by atoms with Crippen molar-refractivity contribution in [1.29, 1.82) is 0 Å². The zero-order valence-electron chi connectivity index (χ0n) is 7.47. The Morgan fingerprint density at radius 3 is 2.50 bits per heavy atom. The van der Waals surface area contributed by atoms with Crippen LogP contribution in [0.3, 0.4) is 0 Å². The minimum Gasteiger partial charge on any atom is -0.465 e. The highest BCUT2D eigenvalue weighted by molar-refractivity contribution is 5.64. The van der Waals surface area contributed by atoms with Crippen molar-refractivity contribution >= 4 is 6.09 Å². The fraction of sp³-hybridized carbons (Fsp3) is 0.875. The summed E-state index contributed by atoms with van der Waals surface area (Å²) in [5, 5.41) is 10.5. The van der Waals surface area contributed by atoms with Crippen LogP contribution >= 0.6 is 0 Å². The van der Waals surface area contributed by atoms with Gasteiger partial charge in [-0.25, -0.2) is 4.79 Å². The Kier molecular flexibility index (Phi) is 3.23. The first-order valence-electron chi connectivity index (χ1n) is 4.46.